The van der Waals surface area contributed by atoms with Crippen molar-refractivity contribution in [3.63, 3.8) is 0 Å². The van der Waals surface area contributed by atoms with Gasteiger partial charge in [0.2, 0.25) is 0 Å². The number of rotatable bonds is 2. The maximum Gasteiger partial charge on any atom is 0.142 e. The second-order valence-electron chi connectivity index (χ2n) is 4.17. The Morgan fingerprint density at radius 2 is 1.85 bits per heavy atom. The third kappa shape index (κ3) is 2.11. The fraction of sp³-hybridized carbons (Fsp3) is 0.0714. The van der Waals surface area contributed by atoms with Crippen molar-refractivity contribution in [1.29, 1.82) is 5.26 Å². The first-order valence-electron chi connectivity index (χ1n) is 5.83. The molecule has 0 amide bonds. The van der Waals surface area contributed by atoms with Gasteiger partial charge in [-0.1, -0.05) is 23.2 Å². The maximum atomic E-state index is 9.02. The molecular weight excluding hydrogens is 295 g/mol. The molecule has 0 bridgehead atoms. The van der Waals surface area contributed by atoms with E-state index in [0.29, 0.717) is 21.4 Å². The number of hydrogen-bond acceptors (Lipinski definition) is 3. The molecule has 0 unspecified atom stereocenters. The van der Waals surface area contributed by atoms with Gasteiger partial charge in [-0.3, -0.25) is 4.98 Å². The fourth-order valence-corrected chi connectivity index (χ4v) is 2.39. The van der Waals surface area contributed by atoms with E-state index in [1.165, 1.54) is 0 Å². The standard InChI is InChI=1S/C14H8Cl2N4/c15-10-7-12-13(8-11(10)16)20(6-3-17)14(19-12)9-1-4-18-5-2-9/h1-2,4-5,7-8H,6H2. The van der Waals surface area contributed by atoms with Crippen LogP contribution in [0.5, 0.6) is 0 Å². The Bertz CT molecular complexity index is 819. The highest BCUT2D eigenvalue weighted by molar-refractivity contribution is 6.42. The average Bonchev–Trinajstić information content (AvgIpc) is 2.79. The van der Waals surface area contributed by atoms with Gasteiger partial charge in [-0.25, -0.2) is 4.98 Å². The highest BCUT2D eigenvalue weighted by atomic mass is 35.5. The van der Waals surface area contributed by atoms with Crippen LogP contribution in [0.4, 0.5) is 0 Å². The van der Waals surface area contributed by atoms with Crippen LogP contribution in [0.3, 0.4) is 0 Å². The predicted octanol–water partition coefficient (Wildman–Crippen LogP) is 3.93. The minimum Gasteiger partial charge on any atom is -0.310 e. The zero-order chi connectivity index (χ0) is 14.1. The Morgan fingerprint density at radius 3 is 2.55 bits per heavy atom. The van der Waals surface area contributed by atoms with Crippen LogP contribution in [-0.2, 0) is 6.54 Å². The summed E-state index contributed by atoms with van der Waals surface area (Å²) in [5.74, 6) is 0.697. The van der Waals surface area contributed by atoms with Crippen molar-refractivity contribution in [2.45, 2.75) is 6.54 Å². The molecule has 2 heterocycles. The van der Waals surface area contributed by atoms with E-state index in [9.17, 15) is 0 Å². The molecule has 0 atom stereocenters. The summed E-state index contributed by atoms with van der Waals surface area (Å²) in [6.07, 6.45) is 3.37. The molecule has 3 rings (SSSR count). The topological polar surface area (TPSA) is 54.5 Å². The molecule has 3 aromatic rings. The molecule has 1 aromatic carbocycles. The molecule has 0 saturated heterocycles. The molecule has 2 aromatic heterocycles. The van der Waals surface area contributed by atoms with E-state index < -0.39 is 0 Å². The maximum absolute atomic E-state index is 9.02. The van der Waals surface area contributed by atoms with Crippen molar-refractivity contribution in [3.8, 4) is 17.5 Å². The van der Waals surface area contributed by atoms with Gasteiger partial charge in [0.25, 0.3) is 0 Å². The van der Waals surface area contributed by atoms with Gasteiger partial charge in [-0.2, -0.15) is 5.26 Å². The van der Waals surface area contributed by atoms with Crippen molar-refractivity contribution in [2.24, 2.45) is 0 Å². The molecule has 0 spiro atoms. The van der Waals surface area contributed by atoms with Gasteiger partial charge in [0, 0.05) is 18.0 Å². The molecule has 4 nitrogen and oxygen atoms in total. The van der Waals surface area contributed by atoms with Crippen LogP contribution >= 0.6 is 23.2 Å². The molecule has 0 fully saturated rings. The number of aromatic nitrogens is 3. The summed E-state index contributed by atoms with van der Waals surface area (Å²) in [6.45, 7) is 0.187. The first-order chi connectivity index (χ1) is 9.70. The summed E-state index contributed by atoms with van der Waals surface area (Å²) >= 11 is 12.1. The Labute approximate surface area is 125 Å². The first kappa shape index (κ1) is 12.9. The number of pyridine rings is 1. The van der Waals surface area contributed by atoms with Crippen LogP contribution in [-0.4, -0.2) is 14.5 Å². The lowest BCUT2D eigenvalue weighted by molar-refractivity contribution is 0.870. The van der Waals surface area contributed by atoms with E-state index in [-0.39, 0.29) is 6.54 Å². The number of nitriles is 1. The summed E-state index contributed by atoms with van der Waals surface area (Å²) < 4.78 is 1.81. The first-order valence-corrected chi connectivity index (χ1v) is 6.59. The smallest absolute Gasteiger partial charge is 0.142 e. The summed E-state index contributed by atoms with van der Waals surface area (Å²) in [4.78, 5) is 8.53. The van der Waals surface area contributed by atoms with Crippen LogP contribution in [0.25, 0.3) is 22.4 Å². The van der Waals surface area contributed by atoms with Gasteiger partial charge in [-0.05, 0) is 24.3 Å². The SMILES string of the molecule is N#CCn1c(-c2ccncc2)nc2cc(Cl)c(Cl)cc21. The number of benzene rings is 1. The van der Waals surface area contributed by atoms with Crippen molar-refractivity contribution < 1.29 is 0 Å². The monoisotopic (exact) mass is 302 g/mol. The largest absolute Gasteiger partial charge is 0.310 e. The minimum atomic E-state index is 0.187. The quantitative estimate of drug-likeness (QED) is 0.720. The molecule has 0 saturated carbocycles. The van der Waals surface area contributed by atoms with Gasteiger partial charge < -0.3 is 4.57 Å². The number of hydrogen-bond donors (Lipinski definition) is 0. The lowest BCUT2D eigenvalue weighted by atomic mass is 10.2. The molecule has 0 aliphatic heterocycles. The summed E-state index contributed by atoms with van der Waals surface area (Å²) in [6, 6.07) is 9.27. The molecule has 98 valence electrons. The summed E-state index contributed by atoms with van der Waals surface area (Å²) in [5.41, 5.74) is 2.38. The zero-order valence-electron chi connectivity index (χ0n) is 10.2. The molecule has 0 radical (unpaired) electrons. The average molecular weight is 303 g/mol. The van der Waals surface area contributed by atoms with Gasteiger partial charge in [0.1, 0.15) is 12.4 Å². The van der Waals surface area contributed by atoms with Gasteiger partial charge in [0.05, 0.1) is 27.1 Å². The number of fused-ring (bicyclic) bond motifs is 1. The second-order valence-corrected chi connectivity index (χ2v) is 4.98. The third-order valence-corrected chi connectivity index (χ3v) is 3.68. The number of halogens is 2. The van der Waals surface area contributed by atoms with E-state index in [0.717, 1.165) is 11.1 Å². The zero-order valence-corrected chi connectivity index (χ0v) is 11.7. The molecule has 20 heavy (non-hydrogen) atoms. The summed E-state index contributed by atoms with van der Waals surface area (Å²) in [5, 5.41) is 9.91. The Kier molecular flexibility index (Phi) is 3.31. The number of nitrogens with zero attached hydrogens (tertiary/aromatic N) is 4. The molecule has 6 heteroatoms. The summed E-state index contributed by atoms with van der Waals surface area (Å²) in [7, 11) is 0. The Balaban J connectivity index is 2.32. The van der Waals surface area contributed by atoms with Crippen LogP contribution < -0.4 is 0 Å². The van der Waals surface area contributed by atoms with E-state index in [4.69, 9.17) is 28.5 Å². The van der Waals surface area contributed by atoms with Crippen LogP contribution in [0, 0.1) is 11.3 Å². The lowest BCUT2D eigenvalue weighted by Crippen LogP contribution is -1.98. The molecule has 0 N–H and O–H groups in total. The Hall–Kier alpha value is -2.09. The Morgan fingerprint density at radius 1 is 1.15 bits per heavy atom. The van der Waals surface area contributed by atoms with Crippen LogP contribution in [0.1, 0.15) is 0 Å². The highest BCUT2D eigenvalue weighted by Crippen LogP contribution is 2.31. The second kappa shape index (κ2) is 5.12. The minimum absolute atomic E-state index is 0.187. The predicted molar refractivity (Wildman–Crippen MR) is 78.6 cm³/mol. The van der Waals surface area contributed by atoms with E-state index in [1.807, 2.05) is 16.7 Å². The van der Waals surface area contributed by atoms with Crippen LogP contribution in [0.15, 0.2) is 36.7 Å². The molecular formula is C14H8Cl2N4. The third-order valence-electron chi connectivity index (χ3n) is 2.96. The van der Waals surface area contributed by atoms with Crippen molar-refractivity contribution in [1.82, 2.24) is 14.5 Å². The van der Waals surface area contributed by atoms with Gasteiger partial charge in [0.15, 0.2) is 0 Å². The van der Waals surface area contributed by atoms with Crippen molar-refractivity contribution in [2.75, 3.05) is 0 Å². The van der Waals surface area contributed by atoms with Gasteiger partial charge >= 0.3 is 0 Å². The highest BCUT2D eigenvalue weighted by Gasteiger charge is 2.14. The fourth-order valence-electron chi connectivity index (χ4n) is 2.07. The van der Waals surface area contributed by atoms with Crippen molar-refractivity contribution in [3.05, 3.63) is 46.7 Å². The van der Waals surface area contributed by atoms with E-state index >= 15 is 0 Å². The van der Waals surface area contributed by atoms with Gasteiger partial charge in [-0.15, -0.1) is 0 Å². The van der Waals surface area contributed by atoms with Crippen molar-refractivity contribution >= 4 is 34.2 Å². The molecule has 0 aliphatic carbocycles. The van der Waals surface area contributed by atoms with Crippen LogP contribution in [0.2, 0.25) is 10.0 Å². The lowest BCUT2D eigenvalue weighted by Gasteiger charge is -2.04. The normalized spacial score (nSPS) is 10.7. The molecule has 0 aliphatic rings. The number of imidazole rings is 1. The van der Waals surface area contributed by atoms with E-state index in [2.05, 4.69) is 16.0 Å². The van der Waals surface area contributed by atoms with E-state index in [1.54, 1.807) is 24.5 Å².